The van der Waals surface area contributed by atoms with Crippen molar-refractivity contribution in [3.63, 3.8) is 0 Å². The fourth-order valence-corrected chi connectivity index (χ4v) is 10.9. The molecule has 6 heteroatoms. The van der Waals surface area contributed by atoms with Crippen LogP contribution in [0, 0.1) is 17.5 Å². The van der Waals surface area contributed by atoms with Crippen molar-refractivity contribution >= 4 is 44.9 Å². The summed E-state index contributed by atoms with van der Waals surface area (Å²) in [5.41, 5.74) is 10.2. The van der Waals surface area contributed by atoms with Crippen LogP contribution in [-0.2, 0) is 56.6 Å². The Morgan fingerprint density at radius 3 is 2.00 bits per heavy atom. The predicted molar refractivity (Wildman–Crippen MR) is 338 cm³/mol. The third kappa shape index (κ3) is 13.3. The predicted octanol–water partition coefficient (Wildman–Crippen LogP) is 20.2. The van der Waals surface area contributed by atoms with Crippen molar-refractivity contribution in [2.24, 2.45) is 5.41 Å². The Balaban J connectivity index is 0.00000941. The van der Waals surface area contributed by atoms with Crippen LogP contribution in [0.15, 0.2) is 152 Å². The molecule has 81 heavy (non-hydrogen) atoms. The molecule has 1 aliphatic heterocycles. The normalized spacial score (nSPS) is 14.2. The summed E-state index contributed by atoms with van der Waals surface area (Å²) in [7, 11) is 0. The maximum absolute atomic E-state index is 9.77. The SMILES string of the molecule is [2H]c1c([2H])c([2H])c(-c2cccc(-c3c([2H])c(C(C)(C)C)c([2H])c(C(C)(C)C)c3[2H])c2CCCC[N+]2=C=[N+](c3[c-]c(Oc4[c-]c5c(c(CC(C)(C)C)c4)c4cc(CCCCCC)ccc4n5-c4cc(C(C)(C)C)ccn4)ccc3)c3ccccc32)c([2H])c1[2H].[Pt+2]. The molecule has 0 bridgehead atoms. The van der Waals surface area contributed by atoms with Crippen molar-refractivity contribution < 1.29 is 41.3 Å². The molecule has 0 unspecified atom stereocenters. The van der Waals surface area contributed by atoms with Gasteiger partial charge in [-0.05, 0) is 127 Å². The molecule has 10 rings (SSSR count). The molecule has 1 aliphatic rings. The van der Waals surface area contributed by atoms with Crippen LogP contribution in [0.1, 0.15) is 173 Å². The standard InChI is InChI=1S/C75H84N4O.Pt/c1-14-15-16-18-27-52-37-38-66-65(42-52)71-55(50-72(2,3)4)45-61(49-69(71)79(66)70-47-56(39-40-76-70)73(5,6)7)80-60-31-25-30-59(48-60)78-51-77(67-35-21-22-36-68(67)78)41-24-23-32-64-62(53-28-19-17-20-29-53)33-26-34-63(64)54-43-57(74(8,9)10)46-58(44-54)75(11,12)13;/h17,19-22,25-26,28-31,33-40,42-47H,14-16,18,23-24,27,32,41,50H2,1-13H3;/q;+2/i17D,19D,20D,28D,29D,43D,44D,46D;. The van der Waals surface area contributed by atoms with E-state index in [-0.39, 0.29) is 67.7 Å². The van der Waals surface area contributed by atoms with Crippen LogP contribution in [0.4, 0.5) is 17.1 Å². The van der Waals surface area contributed by atoms with E-state index >= 15 is 0 Å². The number of aromatic nitrogens is 2. The zero-order valence-electron chi connectivity index (χ0n) is 57.9. The Morgan fingerprint density at radius 2 is 1.31 bits per heavy atom. The van der Waals surface area contributed by atoms with Gasteiger partial charge in [-0.25, -0.2) is 4.98 Å². The minimum Gasteiger partial charge on any atom is -0.509 e. The van der Waals surface area contributed by atoms with Crippen molar-refractivity contribution in [3.05, 3.63) is 197 Å². The Bertz CT molecular complexity index is 4210. The van der Waals surface area contributed by atoms with Crippen molar-refractivity contribution in [2.75, 3.05) is 6.54 Å². The summed E-state index contributed by atoms with van der Waals surface area (Å²) in [5, 5.41) is 2.36. The first kappa shape index (κ1) is 49.0. The molecule has 0 fully saturated rings. The number of benzene rings is 7. The molecule has 418 valence electrons. The van der Waals surface area contributed by atoms with E-state index in [4.69, 9.17) is 16.6 Å². The minimum atomic E-state index is -0.608. The Labute approximate surface area is 510 Å². The van der Waals surface area contributed by atoms with E-state index in [0.717, 1.165) is 58.6 Å². The number of pyridine rings is 1. The number of ether oxygens (including phenoxy) is 1. The maximum Gasteiger partial charge on any atom is 2.00 e. The number of hydrogen-bond donors (Lipinski definition) is 0. The van der Waals surface area contributed by atoms with Gasteiger partial charge in [0.2, 0.25) is 0 Å². The summed E-state index contributed by atoms with van der Waals surface area (Å²) in [5.74, 6) is 1.95. The monoisotopic (exact) mass is 1260 g/mol. The van der Waals surface area contributed by atoms with E-state index in [1.54, 1.807) is 12.1 Å². The fraction of sp³-hybridized carbons (Fsp3) is 0.360. The Hall–Kier alpha value is -6.64. The first-order chi connectivity index (χ1) is 41.5. The Kier molecular flexibility index (Phi) is 14.6. The van der Waals surface area contributed by atoms with Crippen molar-refractivity contribution in [1.29, 1.82) is 0 Å². The van der Waals surface area contributed by atoms with Gasteiger partial charge in [0.15, 0.2) is 6.54 Å². The topological polar surface area (TPSA) is 33.1 Å². The molecule has 0 spiro atoms. The third-order valence-electron chi connectivity index (χ3n) is 15.2. The van der Waals surface area contributed by atoms with Gasteiger partial charge in [-0.3, -0.25) is 0 Å². The average Bonchev–Trinajstić information content (AvgIpc) is 1.80. The smallest absolute Gasteiger partial charge is 0.509 e. The molecular formula is C75H84N4OPt+2. The van der Waals surface area contributed by atoms with Crippen LogP contribution in [0.3, 0.4) is 0 Å². The summed E-state index contributed by atoms with van der Waals surface area (Å²) < 4.78 is 86.2. The van der Waals surface area contributed by atoms with Gasteiger partial charge in [0.25, 0.3) is 11.4 Å². The number of para-hydroxylation sites is 2. The summed E-state index contributed by atoms with van der Waals surface area (Å²) in [6.45, 7) is 28.2. The number of hydrogen-bond acceptors (Lipinski definition) is 2. The molecule has 0 radical (unpaired) electrons. The first-order valence-electron chi connectivity index (χ1n) is 32.9. The summed E-state index contributed by atoms with van der Waals surface area (Å²) in [6.07, 6.45) is 10.2. The van der Waals surface area contributed by atoms with Crippen LogP contribution in [0.25, 0.3) is 49.9 Å². The average molecular weight is 1260 g/mol. The van der Waals surface area contributed by atoms with E-state index in [1.807, 2.05) is 88.7 Å². The van der Waals surface area contributed by atoms with Gasteiger partial charge in [0.1, 0.15) is 11.5 Å². The van der Waals surface area contributed by atoms with Gasteiger partial charge in [-0.15, -0.1) is 23.8 Å². The largest absolute Gasteiger partial charge is 2.00 e. The van der Waals surface area contributed by atoms with Crippen LogP contribution >= 0.6 is 0 Å². The van der Waals surface area contributed by atoms with Gasteiger partial charge in [0, 0.05) is 41.8 Å². The summed E-state index contributed by atoms with van der Waals surface area (Å²) in [4.78, 5) is 5.03. The Morgan fingerprint density at radius 1 is 0.630 bits per heavy atom. The quantitative estimate of drug-likeness (QED) is 0.0517. The van der Waals surface area contributed by atoms with Crippen LogP contribution in [0.5, 0.6) is 11.5 Å². The molecule has 0 amide bonds. The molecule has 0 N–H and O–H groups in total. The first-order valence-corrected chi connectivity index (χ1v) is 28.9. The van der Waals surface area contributed by atoms with Gasteiger partial charge in [-0.1, -0.05) is 232 Å². The van der Waals surface area contributed by atoms with E-state index in [0.29, 0.717) is 70.7 Å². The summed E-state index contributed by atoms with van der Waals surface area (Å²) >= 11 is 0. The van der Waals surface area contributed by atoms with Crippen molar-refractivity contribution in [1.82, 2.24) is 14.1 Å². The van der Waals surface area contributed by atoms with Crippen molar-refractivity contribution in [2.45, 2.75) is 164 Å². The van der Waals surface area contributed by atoms with Crippen molar-refractivity contribution in [3.8, 4) is 39.6 Å². The molecule has 0 saturated carbocycles. The van der Waals surface area contributed by atoms with Gasteiger partial charge in [-0.2, -0.15) is 6.07 Å². The molecule has 2 aromatic heterocycles. The van der Waals surface area contributed by atoms with Gasteiger partial charge < -0.3 is 9.30 Å². The van der Waals surface area contributed by atoms with Crippen LogP contribution < -0.4 is 9.31 Å². The number of unbranched alkanes of at least 4 members (excludes halogenated alkanes) is 4. The van der Waals surface area contributed by atoms with E-state index in [1.165, 1.54) is 41.3 Å². The molecular weight excluding hydrogens is 1170 g/mol. The molecule has 7 aromatic carbocycles. The molecule has 3 heterocycles. The number of nitrogens with zero attached hydrogens (tertiary/aromatic N) is 4. The second-order valence-electron chi connectivity index (χ2n) is 26.1. The van der Waals surface area contributed by atoms with E-state index < -0.39 is 29.0 Å². The third-order valence-corrected chi connectivity index (χ3v) is 15.2. The zero-order valence-corrected chi connectivity index (χ0v) is 52.2. The fourth-order valence-electron chi connectivity index (χ4n) is 10.9. The molecule has 0 atom stereocenters. The second-order valence-corrected chi connectivity index (χ2v) is 26.1. The van der Waals surface area contributed by atoms with Crippen LogP contribution in [-0.4, -0.2) is 26.7 Å². The number of rotatable bonds is 17. The molecule has 5 nitrogen and oxygen atoms in total. The van der Waals surface area contributed by atoms with E-state index in [9.17, 15) is 4.11 Å². The number of aryl methyl sites for hydroxylation is 1. The van der Waals surface area contributed by atoms with Gasteiger partial charge in [0.05, 0.1) is 11.0 Å². The number of fused-ring (bicyclic) bond motifs is 4. The zero-order chi connectivity index (χ0) is 63.5. The summed E-state index contributed by atoms with van der Waals surface area (Å²) in [6, 6.07) is 42.4. The minimum absolute atomic E-state index is 0. The molecule has 0 aliphatic carbocycles. The maximum atomic E-state index is 9.77. The van der Waals surface area contributed by atoms with Crippen LogP contribution in [0.2, 0.25) is 0 Å². The second kappa shape index (κ2) is 24.1. The molecule has 0 saturated heterocycles. The molecule has 9 aromatic rings. The van der Waals surface area contributed by atoms with E-state index in [2.05, 4.69) is 124 Å². The van der Waals surface area contributed by atoms with Gasteiger partial charge >= 0.3 is 27.1 Å².